The van der Waals surface area contributed by atoms with Gasteiger partial charge in [0.15, 0.2) is 0 Å². The Morgan fingerprint density at radius 1 is 0.974 bits per heavy atom. The first-order chi connectivity index (χ1) is 21.8. The predicted molar refractivity (Wildman–Crippen MR) is 163 cm³/mol. The minimum absolute atomic E-state index is 0.168. The first kappa shape index (κ1) is 21.1. The van der Waals surface area contributed by atoms with E-state index in [0.29, 0.717) is 13.0 Å². The van der Waals surface area contributed by atoms with E-state index in [-0.39, 0.29) is 18.4 Å². The molecule has 3 aliphatic rings. The number of hydrogen-bond acceptors (Lipinski definition) is 4. The lowest BCUT2D eigenvalue weighted by molar-refractivity contribution is -0.174. The SMILES string of the molecule is [2H]C([2H])([2H])N(C)CC(c1ccc(C)cc1)C1(O)CCCCC1.[2H]C([2H])([2H])N1CCC2(CCCCC2Cc2ccc(C)cc2)OC1([2H])[2H]. The predicted octanol–water partition coefficient (Wildman–Crippen LogP) is 7.11. The van der Waals surface area contributed by atoms with Crippen LogP contribution in [-0.2, 0) is 11.2 Å². The van der Waals surface area contributed by atoms with Crippen molar-refractivity contribution in [2.75, 3.05) is 40.8 Å². The molecule has 3 unspecified atom stereocenters. The van der Waals surface area contributed by atoms with Crippen LogP contribution in [0.15, 0.2) is 48.5 Å². The topological polar surface area (TPSA) is 35.9 Å². The Morgan fingerprint density at radius 3 is 2.28 bits per heavy atom. The number of benzene rings is 2. The van der Waals surface area contributed by atoms with Crippen LogP contribution in [0.2, 0.25) is 0 Å². The Morgan fingerprint density at radius 2 is 1.64 bits per heavy atom. The fraction of sp³-hybridized carbons (Fsp3) is 0.657. The molecule has 216 valence electrons. The summed E-state index contributed by atoms with van der Waals surface area (Å²) in [4.78, 5) is 2.26. The number of aryl methyl sites for hydroxylation is 2. The minimum Gasteiger partial charge on any atom is -0.389 e. The van der Waals surface area contributed by atoms with Crippen LogP contribution in [0.25, 0.3) is 0 Å². The van der Waals surface area contributed by atoms with E-state index in [0.717, 1.165) is 74.7 Å². The Hall–Kier alpha value is -1.72. The van der Waals surface area contributed by atoms with Gasteiger partial charge in [0, 0.05) is 27.2 Å². The smallest absolute Gasteiger partial charge is 0.0995 e. The number of likely N-dealkylation sites (N-methyl/N-ethyl adjacent to an activating group) is 1. The van der Waals surface area contributed by atoms with Crippen molar-refractivity contribution in [1.29, 1.82) is 0 Å². The van der Waals surface area contributed by atoms with Crippen LogP contribution in [0, 0.1) is 19.8 Å². The lowest BCUT2D eigenvalue weighted by atomic mass is 9.70. The van der Waals surface area contributed by atoms with Crippen LogP contribution in [0.3, 0.4) is 0 Å². The molecule has 1 N–H and O–H groups in total. The van der Waals surface area contributed by atoms with Crippen LogP contribution >= 0.6 is 0 Å². The van der Waals surface area contributed by atoms with E-state index < -0.39 is 31.8 Å². The molecule has 4 heteroatoms. The van der Waals surface area contributed by atoms with Crippen molar-refractivity contribution >= 4 is 0 Å². The second kappa shape index (κ2) is 13.8. The van der Waals surface area contributed by atoms with E-state index in [2.05, 4.69) is 31.2 Å². The molecule has 3 fully saturated rings. The quantitative estimate of drug-likeness (QED) is 0.422. The van der Waals surface area contributed by atoms with Crippen LogP contribution < -0.4 is 0 Å². The maximum atomic E-state index is 11.2. The molecule has 2 aliphatic carbocycles. The van der Waals surface area contributed by atoms with Gasteiger partial charge in [0.1, 0.15) is 0 Å². The van der Waals surface area contributed by atoms with Gasteiger partial charge in [0.2, 0.25) is 0 Å². The summed E-state index contributed by atoms with van der Waals surface area (Å²) in [6, 6.07) is 16.6. The fourth-order valence-corrected chi connectivity index (χ4v) is 6.76. The number of ether oxygens (including phenoxy) is 1. The Balaban J connectivity index is 0.000000215. The van der Waals surface area contributed by atoms with E-state index in [1.54, 1.807) is 7.05 Å². The first-order valence-electron chi connectivity index (χ1n) is 18.9. The highest BCUT2D eigenvalue weighted by Crippen LogP contribution is 2.43. The molecule has 0 amide bonds. The molecule has 0 bridgehead atoms. The second-order valence-corrected chi connectivity index (χ2v) is 12.3. The van der Waals surface area contributed by atoms with Crippen LogP contribution in [0.1, 0.15) is 103 Å². The fourth-order valence-electron chi connectivity index (χ4n) is 6.76. The van der Waals surface area contributed by atoms with Gasteiger partial charge in [-0.15, -0.1) is 0 Å². The number of aliphatic hydroxyl groups is 1. The molecule has 4 nitrogen and oxygen atoms in total. The molecular formula is C35H54N2O2. The highest BCUT2D eigenvalue weighted by atomic mass is 16.5. The number of hydrogen-bond donors (Lipinski definition) is 1. The highest BCUT2D eigenvalue weighted by Gasteiger charge is 2.43. The molecule has 3 atom stereocenters. The largest absolute Gasteiger partial charge is 0.389 e. The molecule has 2 saturated carbocycles. The molecule has 5 rings (SSSR count). The lowest BCUT2D eigenvalue weighted by Gasteiger charge is -2.48. The summed E-state index contributed by atoms with van der Waals surface area (Å²) in [6.45, 7) is -2.23. The number of rotatable bonds is 6. The van der Waals surface area contributed by atoms with Crippen molar-refractivity contribution in [3.05, 3.63) is 70.8 Å². The zero-order valence-corrected chi connectivity index (χ0v) is 24.2. The first-order valence-corrected chi connectivity index (χ1v) is 14.9. The molecule has 2 aromatic carbocycles. The third-order valence-electron chi connectivity index (χ3n) is 9.17. The van der Waals surface area contributed by atoms with E-state index in [1.807, 2.05) is 31.2 Å². The average Bonchev–Trinajstić information content (AvgIpc) is 2.98. The molecule has 0 radical (unpaired) electrons. The van der Waals surface area contributed by atoms with Crippen LogP contribution in [-0.4, -0.2) is 66.9 Å². The van der Waals surface area contributed by atoms with Gasteiger partial charge in [-0.25, -0.2) is 0 Å². The Labute approximate surface area is 250 Å². The minimum atomic E-state index is -2.48. The zero-order valence-electron chi connectivity index (χ0n) is 32.2. The third kappa shape index (κ3) is 8.16. The highest BCUT2D eigenvalue weighted by molar-refractivity contribution is 5.28. The Kier molecular flexibility index (Phi) is 7.43. The summed E-state index contributed by atoms with van der Waals surface area (Å²) in [5.41, 5.74) is 3.30. The van der Waals surface area contributed by atoms with E-state index in [1.165, 1.54) is 21.6 Å². The normalized spacial score (nSPS) is 31.2. The van der Waals surface area contributed by atoms with Crippen LogP contribution in [0.5, 0.6) is 0 Å². The van der Waals surface area contributed by atoms with Gasteiger partial charge in [0.05, 0.1) is 20.6 Å². The molecule has 1 aliphatic heterocycles. The van der Waals surface area contributed by atoms with E-state index >= 15 is 0 Å². The van der Waals surface area contributed by atoms with Gasteiger partial charge in [-0.2, -0.15) is 0 Å². The molecular weight excluding hydrogens is 480 g/mol. The standard InChI is InChI=1S/C18H27NO.C17H27NO/c1-15-6-8-16(9-7-15)13-17-5-3-4-10-18(17)11-12-19(2)14-20-18;1-14-7-9-15(10-8-14)16(13-18(2)3)17(19)11-5-4-6-12-17/h6-9,17H,3-5,10-14H2,1-2H3;7-10,16,19H,4-6,11-13H2,1-3H3/i2D3,14D2;2D3. The molecule has 1 saturated heterocycles. The maximum absolute atomic E-state index is 11.2. The van der Waals surface area contributed by atoms with Crippen molar-refractivity contribution in [2.24, 2.45) is 5.92 Å². The summed E-state index contributed by atoms with van der Waals surface area (Å²) in [6.07, 6.45) is 10.0. The molecule has 1 spiro atoms. The monoisotopic (exact) mass is 542 g/mol. The maximum Gasteiger partial charge on any atom is 0.0995 e. The van der Waals surface area contributed by atoms with E-state index in [4.69, 9.17) is 15.7 Å². The van der Waals surface area contributed by atoms with Gasteiger partial charge in [-0.3, -0.25) is 4.90 Å². The average molecular weight is 543 g/mol. The zero-order chi connectivity index (χ0) is 34.7. The Bertz CT molecular complexity index is 1280. The van der Waals surface area contributed by atoms with Crippen molar-refractivity contribution in [3.63, 3.8) is 0 Å². The van der Waals surface area contributed by atoms with Crippen molar-refractivity contribution in [2.45, 2.75) is 102 Å². The van der Waals surface area contributed by atoms with E-state index in [9.17, 15) is 5.11 Å². The van der Waals surface area contributed by atoms with Crippen molar-refractivity contribution in [1.82, 2.24) is 9.80 Å². The summed E-state index contributed by atoms with van der Waals surface area (Å²) in [7, 11) is 1.61. The van der Waals surface area contributed by atoms with Crippen molar-refractivity contribution < 1.29 is 20.8 Å². The van der Waals surface area contributed by atoms with Crippen molar-refractivity contribution in [3.8, 4) is 0 Å². The summed E-state index contributed by atoms with van der Waals surface area (Å²) >= 11 is 0. The van der Waals surface area contributed by atoms with Gasteiger partial charge >= 0.3 is 0 Å². The summed E-state index contributed by atoms with van der Waals surface area (Å²) < 4.78 is 67.8. The van der Waals surface area contributed by atoms with Gasteiger partial charge in [0.25, 0.3) is 0 Å². The summed E-state index contributed by atoms with van der Waals surface area (Å²) in [5.74, 6) is 0.0524. The second-order valence-electron chi connectivity index (χ2n) is 12.3. The number of nitrogens with zero attached hydrogens (tertiary/aromatic N) is 2. The van der Waals surface area contributed by atoms with Crippen LogP contribution in [0.4, 0.5) is 0 Å². The van der Waals surface area contributed by atoms with Gasteiger partial charge in [-0.05, 0) is 90.4 Å². The molecule has 0 aromatic heterocycles. The molecule has 2 aromatic rings. The van der Waals surface area contributed by atoms with Gasteiger partial charge in [-0.1, -0.05) is 91.8 Å². The molecule has 1 heterocycles. The van der Waals surface area contributed by atoms with Gasteiger partial charge < -0.3 is 14.7 Å². The molecule has 39 heavy (non-hydrogen) atoms. The third-order valence-corrected chi connectivity index (χ3v) is 9.17. The lowest BCUT2D eigenvalue weighted by Crippen LogP contribution is -2.52. The summed E-state index contributed by atoms with van der Waals surface area (Å²) in [5, 5.41) is 11.2.